The third kappa shape index (κ3) is 4.84. The molecule has 19 heavy (non-hydrogen) atoms. The average Bonchev–Trinajstić information content (AvgIpc) is 2.27. The maximum absolute atomic E-state index is 13.7. The number of nitrogen functional groups attached to an aromatic ring is 1. The van der Waals surface area contributed by atoms with Gasteiger partial charge in [-0.15, -0.1) is 0 Å². The smallest absolute Gasteiger partial charge is 0.254 e. The number of nitrogens with two attached hydrogens (primary N) is 2. The van der Waals surface area contributed by atoms with E-state index in [1.54, 1.807) is 0 Å². The van der Waals surface area contributed by atoms with Gasteiger partial charge in [-0.2, -0.15) is 0 Å². The number of hydrogen-bond acceptors (Lipinski definition) is 4. The number of carbonyl (C=O) groups excluding carboxylic acids is 1. The van der Waals surface area contributed by atoms with Crippen molar-refractivity contribution >= 4 is 21.6 Å². The summed E-state index contributed by atoms with van der Waals surface area (Å²) in [6, 6.07) is 2.66. The Morgan fingerprint density at radius 1 is 1.42 bits per heavy atom. The van der Waals surface area contributed by atoms with Gasteiger partial charge in [0, 0.05) is 12.2 Å². The van der Waals surface area contributed by atoms with Crippen molar-refractivity contribution in [3.05, 3.63) is 29.1 Å². The van der Waals surface area contributed by atoms with Crippen molar-refractivity contribution in [1.82, 2.24) is 5.32 Å². The lowest BCUT2D eigenvalue weighted by Crippen LogP contribution is -2.28. The first-order valence-corrected chi connectivity index (χ1v) is 7.26. The molecule has 0 aliphatic heterocycles. The van der Waals surface area contributed by atoms with Crippen LogP contribution < -0.4 is 16.2 Å². The van der Waals surface area contributed by atoms with Gasteiger partial charge in [0.05, 0.1) is 11.3 Å². The van der Waals surface area contributed by atoms with Crippen molar-refractivity contribution in [2.75, 3.05) is 18.0 Å². The second-order valence-corrected chi connectivity index (χ2v) is 5.91. The first kappa shape index (κ1) is 15.4. The van der Waals surface area contributed by atoms with Crippen molar-refractivity contribution in [1.29, 1.82) is 0 Å². The van der Waals surface area contributed by atoms with E-state index in [0.717, 1.165) is 0 Å². The number of primary sulfonamides is 1. The van der Waals surface area contributed by atoms with Crippen LogP contribution in [0.15, 0.2) is 12.1 Å². The number of amides is 1. The van der Waals surface area contributed by atoms with Crippen LogP contribution in [0.3, 0.4) is 0 Å². The standard InChI is InChI=1S/C11H16FN3O3S/c1-7-5-8(13)6-9(10(7)12)11(16)15-3-2-4-19(14,17)18/h5-6H,2-4,13H2,1H3,(H,15,16)(H2,14,17,18). The highest BCUT2D eigenvalue weighted by atomic mass is 32.2. The topological polar surface area (TPSA) is 115 Å². The van der Waals surface area contributed by atoms with Crippen LogP contribution >= 0.6 is 0 Å². The van der Waals surface area contributed by atoms with Crippen molar-refractivity contribution in [2.45, 2.75) is 13.3 Å². The van der Waals surface area contributed by atoms with E-state index in [1.165, 1.54) is 19.1 Å². The minimum Gasteiger partial charge on any atom is -0.399 e. The lowest BCUT2D eigenvalue weighted by molar-refractivity contribution is 0.0949. The number of sulfonamides is 1. The highest BCUT2D eigenvalue weighted by Gasteiger charge is 2.14. The zero-order valence-electron chi connectivity index (χ0n) is 10.4. The maximum atomic E-state index is 13.7. The predicted octanol–water partition coefficient (Wildman–Crippen LogP) is 0.125. The minimum absolute atomic E-state index is 0.0859. The summed E-state index contributed by atoms with van der Waals surface area (Å²) in [6.07, 6.45) is 0.160. The predicted molar refractivity (Wildman–Crippen MR) is 70.5 cm³/mol. The van der Waals surface area contributed by atoms with E-state index in [9.17, 15) is 17.6 Å². The van der Waals surface area contributed by atoms with Gasteiger partial charge in [0.25, 0.3) is 5.91 Å². The van der Waals surface area contributed by atoms with Crippen molar-refractivity contribution in [2.24, 2.45) is 5.14 Å². The third-order valence-corrected chi connectivity index (χ3v) is 3.27. The second-order valence-electron chi connectivity index (χ2n) is 4.18. The Morgan fingerprint density at radius 3 is 2.63 bits per heavy atom. The Hall–Kier alpha value is -1.67. The molecule has 1 amide bonds. The summed E-state index contributed by atoms with van der Waals surface area (Å²) in [5, 5.41) is 7.22. The van der Waals surface area contributed by atoms with Gasteiger partial charge in [-0.25, -0.2) is 17.9 Å². The molecular weight excluding hydrogens is 273 g/mol. The lowest BCUT2D eigenvalue weighted by Gasteiger charge is -2.08. The molecule has 1 rings (SSSR count). The number of halogens is 1. The van der Waals surface area contributed by atoms with E-state index in [0.29, 0.717) is 0 Å². The maximum Gasteiger partial charge on any atom is 0.254 e. The number of rotatable bonds is 5. The average molecular weight is 289 g/mol. The molecule has 0 aliphatic carbocycles. The van der Waals surface area contributed by atoms with Crippen LogP contribution in [0.4, 0.5) is 10.1 Å². The highest BCUT2D eigenvalue weighted by Crippen LogP contribution is 2.16. The molecule has 5 N–H and O–H groups in total. The van der Waals surface area contributed by atoms with Crippen LogP contribution in [0.5, 0.6) is 0 Å². The Kier molecular flexibility index (Phi) is 4.84. The summed E-state index contributed by atoms with van der Waals surface area (Å²) in [5.41, 5.74) is 5.93. The molecule has 0 aromatic heterocycles. The molecule has 0 bridgehead atoms. The van der Waals surface area contributed by atoms with Gasteiger partial charge in [-0.3, -0.25) is 4.79 Å². The Balaban J connectivity index is 2.64. The summed E-state index contributed by atoms with van der Waals surface area (Å²) in [6.45, 7) is 1.59. The van der Waals surface area contributed by atoms with Crippen LogP contribution in [0.25, 0.3) is 0 Å². The van der Waals surface area contributed by atoms with Gasteiger partial charge < -0.3 is 11.1 Å². The summed E-state index contributed by atoms with van der Waals surface area (Å²) < 4.78 is 35.1. The molecule has 8 heteroatoms. The quantitative estimate of drug-likeness (QED) is 0.527. The Labute approximate surface area is 111 Å². The molecule has 0 heterocycles. The van der Waals surface area contributed by atoms with E-state index in [1.807, 2.05) is 0 Å². The number of carbonyl (C=O) groups is 1. The number of nitrogens with one attached hydrogen (secondary N) is 1. The Bertz CT molecular complexity index is 587. The molecule has 0 fully saturated rings. The van der Waals surface area contributed by atoms with Crippen molar-refractivity contribution in [3.63, 3.8) is 0 Å². The number of anilines is 1. The third-order valence-electron chi connectivity index (χ3n) is 2.41. The zero-order chi connectivity index (χ0) is 14.6. The molecule has 1 aromatic rings. The molecule has 0 spiro atoms. The van der Waals surface area contributed by atoms with E-state index < -0.39 is 21.7 Å². The van der Waals surface area contributed by atoms with Crippen LogP contribution in [-0.4, -0.2) is 26.6 Å². The van der Waals surface area contributed by atoms with Crippen LogP contribution in [-0.2, 0) is 10.0 Å². The fraction of sp³-hybridized carbons (Fsp3) is 0.364. The zero-order valence-corrected chi connectivity index (χ0v) is 11.3. The summed E-state index contributed by atoms with van der Waals surface area (Å²) >= 11 is 0. The largest absolute Gasteiger partial charge is 0.399 e. The van der Waals surface area contributed by atoms with Gasteiger partial charge in [0.15, 0.2) is 0 Å². The Morgan fingerprint density at radius 2 is 2.05 bits per heavy atom. The van der Waals surface area contributed by atoms with Crippen LogP contribution in [0, 0.1) is 12.7 Å². The van der Waals surface area contributed by atoms with Gasteiger partial charge in [-0.05, 0) is 31.0 Å². The molecule has 6 nitrogen and oxygen atoms in total. The van der Waals surface area contributed by atoms with E-state index in [4.69, 9.17) is 10.9 Å². The highest BCUT2D eigenvalue weighted by molar-refractivity contribution is 7.89. The van der Waals surface area contributed by atoms with Gasteiger partial charge in [0.2, 0.25) is 10.0 Å². The van der Waals surface area contributed by atoms with Gasteiger partial charge in [-0.1, -0.05) is 0 Å². The van der Waals surface area contributed by atoms with Crippen LogP contribution in [0.2, 0.25) is 0 Å². The minimum atomic E-state index is -3.55. The second kappa shape index (κ2) is 5.98. The molecule has 0 unspecified atom stereocenters. The molecule has 0 saturated heterocycles. The van der Waals surface area contributed by atoms with E-state index in [2.05, 4.69) is 5.32 Å². The fourth-order valence-corrected chi connectivity index (χ4v) is 2.08. The molecular formula is C11H16FN3O3S. The monoisotopic (exact) mass is 289 g/mol. The van der Waals surface area contributed by atoms with Crippen molar-refractivity contribution < 1.29 is 17.6 Å². The molecule has 0 aliphatic rings. The van der Waals surface area contributed by atoms with Crippen molar-refractivity contribution in [3.8, 4) is 0 Å². The molecule has 0 radical (unpaired) electrons. The summed E-state index contributed by atoms with van der Waals surface area (Å²) in [4.78, 5) is 11.7. The van der Waals surface area contributed by atoms with E-state index in [-0.39, 0.29) is 35.5 Å². The molecule has 0 saturated carbocycles. The number of hydrogen-bond donors (Lipinski definition) is 3. The lowest BCUT2D eigenvalue weighted by atomic mass is 10.1. The summed E-state index contributed by atoms with van der Waals surface area (Å²) in [7, 11) is -3.55. The molecule has 1 aromatic carbocycles. The summed E-state index contributed by atoms with van der Waals surface area (Å²) in [5.74, 6) is -1.52. The van der Waals surface area contributed by atoms with Crippen LogP contribution in [0.1, 0.15) is 22.3 Å². The normalized spacial score (nSPS) is 11.3. The van der Waals surface area contributed by atoms with E-state index >= 15 is 0 Å². The molecule has 0 atom stereocenters. The van der Waals surface area contributed by atoms with Gasteiger partial charge >= 0.3 is 0 Å². The molecule has 106 valence electrons. The number of benzene rings is 1. The first-order chi connectivity index (χ1) is 8.70. The van der Waals surface area contributed by atoms with Gasteiger partial charge in [0.1, 0.15) is 5.82 Å². The first-order valence-electron chi connectivity index (χ1n) is 5.55. The SMILES string of the molecule is Cc1cc(N)cc(C(=O)NCCCS(N)(=O)=O)c1F. The number of aryl methyl sites for hydroxylation is 1. The fourth-order valence-electron chi connectivity index (χ4n) is 1.53.